The zero-order valence-corrected chi connectivity index (χ0v) is 13.4. The number of ether oxygens (including phenoxy) is 1. The number of anilines is 1. The van der Waals surface area contributed by atoms with E-state index in [1.807, 2.05) is 0 Å². The predicted molar refractivity (Wildman–Crippen MR) is 77.9 cm³/mol. The van der Waals surface area contributed by atoms with E-state index in [9.17, 15) is 0 Å². The van der Waals surface area contributed by atoms with Crippen molar-refractivity contribution < 1.29 is 4.74 Å². The standard InChI is InChI=1S/C13H22BrN3O/c1-6-7-15-11-10(14)9(8-18-5)16-12(17-11)13(2,3)4/h6-8H2,1-5H3,(H,15,16,17). The Balaban J connectivity index is 3.18. The largest absolute Gasteiger partial charge is 0.378 e. The summed E-state index contributed by atoms with van der Waals surface area (Å²) in [6, 6.07) is 0. The Kier molecular flexibility index (Phi) is 5.53. The first-order valence-electron chi connectivity index (χ1n) is 6.19. The van der Waals surface area contributed by atoms with Crippen molar-refractivity contribution in [1.29, 1.82) is 0 Å². The zero-order valence-electron chi connectivity index (χ0n) is 11.8. The third-order valence-electron chi connectivity index (χ3n) is 2.41. The summed E-state index contributed by atoms with van der Waals surface area (Å²) in [7, 11) is 1.67. The third kappa shape index (κ3) is 3.92. The molecule has 18 heavy (non-hydrogen) atoms. The van der Waals surface area contributed by atoms with Gasteiger partial charge in [0.1, 0.15) is 11.6 Å². The van der Waals surface area contributed by atoms with Gasteiger partial charge in [0, 0.05) is 19.1 Å². The summed E-state index contributed by atoms with van der Waals surface area (Å²) in [5.74, 6) is 1.68. The van der Waals surface area contributed by atoms with Crippen LogP contribution in [0, 0.1) is 0 Å². The van der Waals surface area contributed by atoms with E-state index in [4.69, 9.17) is 4.74 Å². The molecule has 5 heteroatoms. The van der Waals surface area contributed by atoms with Crippen molar-refractivity contribution in [2.75, 3.05) is 19.0 Å². The average molecular weight is 316 g/mol. The lowest BCUT2D eigenvalue weighted by atomic mass is 9.95. The molecule has 0 saturated heterocycles. The van der Waals surface area contributed by atoms with Gasteiger partial charge >= 0.3 is 0 Å². The van der Waals surface area contributed by atoms with Gasteiger partial charge < -0.3 is 10.1 Å². The highest BCUT2D eigenvalue weighted by atomic mass is 79.9. The zero-order chi connectivity index (χ0) is 13.8. The summed E-state index contributed by atoms with van der Waals surface area (Å²) in [6.45, 7) is 9.82. The Hall–Kier alpha value is -0.680. The fourth-order valence-corrected chi connectivity index (χ4v) is 1.85. The van der Waals surface area contributed by atoms with Gasteiger partial charge in [0.2, 0.25) is 0 Å². The molecule has 0 aliphatic rings. The molecule has 0 saturated carbocycles. The van der Waals surface area contributed by atoms with E-state index in [-0.39, 0.29) is 5.41 Å². The molecule has 102 valence electrons. The molecule has 0 unspecified atom stereocenters. The van der Waals surface area contributed by atoms with Gasteiger partial charge in [-0.25, -0.2) is 9.97 Å². The maximum absolute atomic E-state index is 5.19. The van der Waals surface area contributed by atoms with Crippen molar-refractivity contribution in [1.82, 2.24) is 9.97 Å². The van der Waals surface area contributed by atoms with E-state index >= 15 is 0 Å². The second-order valence-corrected chi connectivity index (χ2v) is 6.06. The van der Waals surface area contributed by atoms with Gasteiger partial charge in [-0.05, 0) is 22.4 Å². The summed E-state index contributed by atoms with van der Waals surface area (Å²) >= 11 is 3.55. The van der Waals surface area contributed by atoms with Crippen molar-refractivity contribution >= 4 is 21.7 Å². The maximum atomic E-state index is 5.19. The Morgan fingerprint density at radius 3 is 2.44 bits per heavy atom. The Morgan fingerprint density at radius 1 is 1.28 bits per heavy atom. The molecule has 1 N–H and O–H groups in total. The SMILES string of the molecule is CCCNc1nc(C(C)(C)C)nc(COC)c1Br. The molecular formula is C13H22BrN3O. The highest BCUT2D eigenvalue weighted by Gasteiger charge is 2.21. The van der Waals surface area contributed by atoms with E-state index in [1.165, 1.54) is 0 Å². The van der Waals surface area contributed by atoms with Gasteiger partial charge in [-0.15, -0.1) is 0 Å². The van der Waals surface area contributed by atoms with E-state index in [2.05, 4.69) is 58.9 Å². The first-order valence-corrected chi connectivity index (χ1v) is 6.99. The van der Waals surface area contributed by atoms with Crippen LogP contribution in [-0.4, -0.2) is 23.6 Å². The number of nitrogens with one attached hydrogen (secondary N) is 1. The molecule has 0 aliphatic heterocycles. The molecule has 0 spiro atoms. The van der Waals surface area contributed by atoms with E-state index in [0.29, 0.717) is 6.61 Å². The number of halogens is 1. The third-order valence-corrected chi connectivity index (χ3v) is 3.25. The van der Waals surface area contributed by atoms with Crippen LogP contribution in [0.3, 0.4) is 0 Å². The Bertz CT molecular complexity index is 402. The number of methoxy groups -OCH3 is 1. The first kappa shape index (κ1) is 15.4. The van der Waals surface area contributed by atoms with Gasteiger partial charge in [-0.2, -0.15) is 0 Å². The molecule has 0 radical (unpaired) electrons. The van der Waals surface area contributed by atoms with Crippen LogP contribution < -0.4 is 5.32 Å². The molecule has 0 atom stereocenters. The van der Waals surface area contributed by atoms with E-state index in [1.54, 1.807) is 7.11 Å². The first-order chi connectivity index (χ1) is 8.40. The highest BCUT2D eigenvalue weighted by molar-refractivity contribution is 9.10. The van der Waals surface area contributed by atoms with Gasteiger partial charge in [-0.1, -0.05) is 27.7 Å². The lowest BCUT2D eigenvalue weighted by molar-refractivity contribution is 0.180. The van der Waals surface area contributed by atoms with Crippen LogP contribution >= 0.6 is 15.9 Å². The minimum Gasteiger partial charge on any atom is -0.378 e. The monoisotopic (exact) mass is 315 g/mol. The smallest absolute Gasteiger partial charge is 0.144 e. The Morgan fingerprint density at radius 2 is 1.94 bits per heavy atom. The van der Waals surface area contributed by atoms with Gasteiger partial charge in [0.25, 0.3) is 0 Å². The van der Waals surface area contributed by atoms with E-state index in [0.717, 1.165) is 34.8 Å². The minimum absolute atomic E-state index is 0.0775. The Labute approximate surface area is 118 Å². The van der Waals surface area contributed by atoms with Crippen molar-refractivity contribution in [3.8, 4) is 0 Å². The molecule has 1 aromatic heterocycles. The van der Waals surface area contributed by atoms with Crippen molar-refractivity contribution in [2.45, 2.75) is 46.1 Å². The van der Waals surface area contributed by atoms with Crippen molar-refractivity contribution in [2.24, 2.45) is 0 Å². The molecular weight excluding hydrogens is 294 g/mol. The summed E-state index contributed by atoms with van der Waals surface area (Å²) in [6.07, 6.45) is 1.06. The van der Waals surface area contributed by atoms with Crippen molar-refractivity contribution in [3.63, 3.8) is 0 Å². The van der Waals surface area contributed by atoms with Gasteiger partial charge in [0.05, 0.1) is 16.8 Å². The fraction of sp³-hybridized carbons (Fsp3) is 0.692. The number of hydrogen-bond donors (Lipinski definition) is 1. The van der Waals surface area contributed by atoms with Crippen LogP contribution in [0.4, 0.5) is 5.82 Å². The number of hydrogen-bond acceptors (Lipinski definition) is 4. The second kappa shape index (κ2) is 6.48. The minimum atomic E-state index is -0.0775. The summed E-state index contributed by atoms with van der Waals surface area (Å²) in [4.78, 5) is 9.18. The summed E-state index contributed by atoms with van der Waals surface area (Å²) in [5.41, 5.74) is 0.808. The molecule has 1 aromatic rings. The molecule has 0 aliphatic carbocycles. The summed E-state index contributed by atoms with van der Waals surface area (Å²) < 4.78 is 6.08. The molecule has 0 amide bonds. The quantitative estimate of drug-likeness (QED) is 0.903. The number of aromatic nitrogens is 2. The highest BCUT2D eigenvalue weighted by Crippen LogP contribution is 2.28. The van der Waals surface area contributed by atoms with Crippen LogP contribution in [-0.2, 0) is 16.8 Å². The second-order valence-electron chi connectivity index (χ2n) is 5.27. The topological polar surface area (TPSA) is 47.0 Å². The molecule has 0 aromatic carbocycles. The molecule has 1 rings (SSSR count). The number of nitrogens with zero attached hydrogens (tertiary/aromatic N) is 2. The fourth-order valence-electron chi connectivity index (χ4n) is 1.42. The van der Waals surface area contributed by atoms with Crippen LogP contribution in [0.2, 0.25) is 0 Å². The lowest BCUT2D eigenvalue weighted by Crippen LogP contribution is -2.19. The van der Waals surface area contributed by atoms with Crippen LogP contribution in [0.15, 0.2) is 4.47 Å². The average Bonchev–Trinajstić information content (AvgIpc) is 2.29. The van der Waals surface area contributed by atoms with E-state index < -0.39 is 0 Å². The molecule has 4 nitrogen and oxygen atoms in total. The van der Waals surface area contributed by atoms with Gasteiger partial charge in [0.15, 0.2) is 0 Å². The maximum Gasteiger partial charge on any atom is 0.144 e. The summed E-state index contributed by atoms with van der Waals surface area (Å²) in [5, 5.41) is 3.32. The lowest BCUT2D eigenvalue weighted by Gasteiger charge is -2.20. The van der Waals surface area contributed by atoms with Crippen LogP contribution in [0.1, 0.15) is 45.6 Å². The molecule has 1 heterocycles. The normalized spacial score (nSPS) is 11.7. The molecule has 0 fully saturated rings. The van der Waals surface area contributed by atoms with Gasteiger partial charge in [-0.3, -0.25) is 0 Å². The van der Waals surface area contributed by atoms with Crippen LogP contribution in [0.25, 0.3) is 0 Å². The predicted octanol–water partition coefficient (Wildman–Crippen LogP) is 3.50. The molecule has 0 bridgehead atoms. The number of rotatable bonds is 5. The van der Waals surface area contributed by atoms with Crippen molar-refractivity contribution in [3.05, 3.63) is 16.0 Å². The van der Waals surface area contributed by atoms with Crippen LogP contribution in [0.5, 0.6) is 0 Å².